The molecule has 1 amide bonds. The average Bonchev–Trinajstić information content (AvgIpc) is 3.27. The minimum atomic E-state index is -3.96. The van der Waals surface area contributed by atoms with Gasteiger partial charge in [0.1, 0.15) is 0 Å². The molecular formula is C24H28ClN5O3S. The van der Waals surface area contributed by atoms with Crippen LogP contribution in [0.3, 0.4) is 0 Å². The van der Waals surface area contributed by atoms with Crippen LogP contribution in [0.25, 0.3) is 0 Å². The number of hydrogen-bond acceptors (Lipinski definition) is 5. The second-order valence-corrected chi connectivity index (χ2v) is 10.6. The molecule has 0 aliphatic carbocycles. The van der Waals surface area contributed by atoms with Gasteiger partial charge in [0.2, 0.25) is 5.03 Å². The zero-order valence-corrected chi connectivity index (χ0v) is 21.0. The minimum absolute atomic E-state index is 0.0128. The van der Waals surface area contributed by atoms with Gasteiger partial charge in [-0.2, -0.15) is 9.40 Å². The molecule has 0 atom stereocenters. The molecule has 1 aromatic heterocycles. The molecule has 0 unspecified atom stereocenters. The van der Waals surface area contributed by atoms with Crippen molar-refractivity contribution in [2.24, 2.45) is 0 Å². The molecule has 8 nitrogen and oxygen atoms in total. The van der Waals surface area contributed by atoms with Crippen LogP contribution < -0.4 is 10.2 Å². The molecule has 1 saturated heterocycles. The maximum Gasteiger partial charge on any atom is 0.263 e. The number of sulfonamides is 1. The average molecular weight is 502 g/mol. The number of benzene rings is 2. The molecule has 34 heavy (non-hydrogen) atoms. The Labute approximate surface area is 205 Å². The summed E-state index contributed by atoms with van der Waals surface area (Å²) < 4.78 is 30.0. The summed E-state index contributed by atoms with van der Waals surface area (Å²) in [6.45, 7) is 8.16. The van der Waals surface area contributed by atoms with E-state index in [-0.39, 0.29) is 10.6 Å². The van der Waals surface area contributed by atoms with E-state index in [1.54, 1.807) is 24.3 Å². The molecule has 1 fully saturated rings. The Kier molecular flexibility index (Phi) is 6.97. The highest BCUT2D eigenvalue weighted by atomic mass is 35.5. The Morgan fingerprint density at radius 3 is 2.47 bits per heavy atom. The van der Waals surface area contributed by atoms with Crippen molar-refractivity contribution in [2.45, 2.75) is 32.3 Å². The molecule has 1 N–H and O–H groups in total. The molecule has 0 saturated carbocycles. The number of aromatic nitrogens is 2. The van der Waals surface area contributed by atoms with Crippen LogP contribution in [-0.4, -0.2) is 54.6 Å². The van der Waals surface area contributed by atoms with Gasteiger partial charge in [0, 0.05) is 55.3 Å². The highest BCUT2D eigenvalue weighted by molar-refractivity contribution is 7.89. The number of anilines is 2. The summed E-state index contributed by atoms with van der Waals surface area (Å²) in [5.74, 6) is -0.547. The third-order valence-electron chi connectivity index (χ3n) is 6.12. The summed E-state index contributed by atoms with van der Waals surface area (Å²) in [7, 11) is -3.96. The van der Waals surface area contributed by atoms with Crippen LogP contribution in [0.4, 0.5) is 11.4 Å². The molecule has 3 aromatic rings. The normalized spacial score (nSPS) is 14.9. The first kappa shape index (κ1) is 24.3. The van der Waals surface area contributed by atoms with E-state index in [0.717, 1.165) is 5.69 Å². The number of carbonyl (C=O) groups is 1. The number of nitrogens with zero attached hydrogens (tertiary/aromatic N) is 4. The van der Waals surface area contributed by atoms with E-state index in [4.69, 9.17) is 11.6 Å². The van der Waals surface area contributed by atoms with Crippen LogP contribution in [0, 0.1) is 13.8 Å². The van der Waals surface area contributed by atoms with Crippen molar-refractivity contribution in [2.75, 3.05) is 36.4 Å². The molecule has 2 heterocycles. The van der Waals surface area contributed by atoms with Crippen molar-refractivity contribution in [3.63, 3.8) is 0 Å². The van der Waals surface area contributed by atoms with Gasteiger partial charge in [-0.3, -0.25) is 9.48 Å². The number of carbonyl (C=O) groups excluding carboxylic acids is 1. The number of halogens is 1. The predicted molar refractivity (Wildman–Crippen MR) is 134 cm³/mol. The van der Waals surface area contributed by atoms with E-state index in [2.05, 4.69) is 41.3 Å². The first-order chi connectivity index (χ1) is 16.2. The number of hydrogen-bond donors (Lipinski definition) is 1. The van der Waals surface area contributed by atoms with E-state index in [1.165, 1.54) is 26.3 Å². The van der Waals surface area contributed by atoms with Crippen molar-refractivity contribution in [1.82, 2.24) is 14.1 Å². The maximum atomic E-state index is 13.5. The number of nitrogens with one attached hydrogen (secondary N) is 1. The Bertz CT molecular complexity index is 1310. The van der Waals surface area contributed by atoms with Crippen molar-refractivity contribution >= 4 is 38.9 Å². The largest absolute Gasteiger partial charge is 0.369 e. The Morgan fingerprint density at radius 2 is 1.79 bits per heavy atom. The van der Waals surface area contributed by atoms with Gasteiger partial charge in [0.05, 0.1) is 5.56 Å². The third kappa shape index (κ3) is 4.82. The summed E-state index contributed by atoms with van der Waals surface area (Å²) in [4.78, 5) is 15.2. The Hall–Kier alpha value is -2.88. The summed E-state index contributed by atoms with van der Waals surface area (Å²) in [5, 5.41) is 7.21. The van der Waals surface area contributed by atoms with Crippen LogP contribution in [0.2, 0.25) is 5.02 Å². The fourth-order valence-corrected chi connectivity index (χ4v) is 5.76. The first-order valence-corrected chi connectivity index (χ1v) is 13.0. The SMILES string of the molecule is CCn1cc(C(=O)Nc2cccc(Cl)c2)c(S(=O)(=O)N2CCN(c3cccc(C)c3C)CC2)n1. The van der Waals surface area contributed by atoms with E-state index in [9.17, 15) is 13.2 Å². The smallest absolute Gasteiger partial charge is 0.263 e. The van der Waals surface area contributed by atoms with Gasteiger partial charge in [-0.05, 0) is 56.2 Å². The number of amides is 1. The lowest BCUT2D eigenvalue weighted by atomic mass is 10.1. The molecule has 1 aliphatic heterocycles. The van der Waals surface area contributed by atoms with Crippen molar-refractivity contribution < 1.29 is 13.2 Å². The van der Waals surface area contributed by atoms with Crippen molar-refractivity contribution in [3.05, 3.63) is 70.4 Å². The molecule has 0 bridgehead atoms. The van der Waals surface area contributed by atoms with Crippen molar-refractivity contribution in [1.29, 1.82) is 0 Å². The lowest BCUT2D eigenvalue weighted by molar-refractivity contribution is 0.102. The van der Waals surface area contributed by atoms with Gasteiger partial charge in [0.25, 0.3) is 15.9 Å². The zero-order valence-electron chi connectivity index (χ0n) is 19.5. The number of rotatable bonds is 6. The summed E-state index contributed by atoms with van der Waals surface area (Å²) in [5.41, 5.74) is 4.01. The van der Waals surface area contributed by atoms with Crippen LogP contribution >= 0.6 is 11.6 Å². The highest BCUT2D eigenvalue weighted by Gasteiger charge is 2.35. The molecule has 0 radical (unpaired) electrons. The fourth-order valence-electron chi connectivity index (χ4n) is 4.05. The third-order valence-corrected chi connectivity index (χ3v) is 8.19. The van der Waals surface area contributed by atoms with E-state index in [1.807, 2.05) is 13.0 Å². The van der Waals surface area contributed by atoms with Crippen LogP contribution in [0.1, 0.15) is 28.4 Å². The van der Waals surface area contributed by atoms with Crippen LogP contribution in [-0.2, 0) is 16.6 Å². The second-order valence-electron chi connectivity index (χ2n) is 8.28. The van der Waals surface area contributed by atoms with Gasteiger partial charge in [-0.15, -0.1) is 0 Å². The van der Waals surface area contributed by atoms with Gasteiger partial charge in [-0.1, -0.05) is 29.8 Å². The van der Waals surface area contributed by atoms with Gasteiger partial charge in [-0.25, -0.2) is 8.42 Å². The van der Waals surface area contributed by atoms with Gasteiger partial charge in [0.15, 0.2) is 0 Å². The molecule has 2 aromatic carbocycles. The molecule has 4 rings (SSSR count). The first-order valence-electron chi connectivity index (χ1n) is 11.2. The predicted octanol–water partition coefficient (Wildman–Crippen LogP) is 3.94. The summed E-state index contributed by atoms with van der Waals surface area (Å²) in [6.07, 6.45) is 1.47. The fraction of sp³-hybridized carbons (Fsp3) is 0.333. The quantitative estimate of drug-likeness (QED) is 0.553. The number of aryl methyl sites for hydroxylation is 2. The number of piperazine rings is 1. The highest BCUT2D eigenvalue weighted by Crippen LogP contribution is 2.27. The zero-order chi connectivity index (χ0) is 24.5. The van der Waals surface area contributed by atoms with Crippen molar-refractivity contribution in [3.8, 4) is 0 Å². The lowest BCUT2D eigenvalue weighted by Gasteiger charge is -2.36. The Balaban J connectivity index is 1.56. The van der Waals surface area contributed by atoms with E-state index in [0.29, 0.717) is 43.4 Å². The molecule has 1 aliphatic rings. The van der Waals surface area contributed by atoms with E-state index >= 15 is 0 Å². The topological polar surface area (TPSA) is 87.5 Å². The summed E-state index contributed by atoms with van der Waals surface area (Å²) >= 11 is 6.01. The standard InChI is InChI=1S/C24H28ClN5O3S/c1-4-29-16-21(23(31)26-20-9-6-8-19(25)15-20)24(27-29)34(32,33)30-13-11-28(12-14-30)22-10-5-7-17(2)18(22)3/h5-10,15-16H,4,11-14H2,1-3H3,(H,26,31). The van der Waals surface area contributed by atoms with Crippen LogP contribution in [0.15, 0.2) is 53.7 Å². The molecule has 10 heteroatoms. The van der Waals surface area contributed by atoms with Crippen LogP contribution in [0.5, 0.6) is 0 Å². The second kappa shape index (κ2) is 9.77. The summed E-state index contributed by atoms with van der Waals surface area (Å²) in [6, 6.07) is 12.8. The molecular weight excluding hydrogens is 474 g/mol. The molecule has 180 valence electrons. The van der Waals surface area contributed by atoms with E-state index < -0.39 is 15.9 Å². The Morgan fingerprint density at radius 1 is 1.09 bits per heavy atom. The molecule has 0 spiro atoms. The minimum Gasteiger partial charge on any atom is -0.369 e. The monoisotopic (exact) mass is 501 g/mol. The maximum absolute atomic E-state index is 13.5. The lowest BCUT2D eigenvalue weighted by Crippen LogP contribution is -2.49. The van der Waals surface area contributed by atoms with Gasteiger partial charge < -0.3 is 10.2 Å². The van der Waals surface area contributed by atoms with Gasteiger partial charge >= 0.3 is 0 Å².